The van der Waals surface area contributed by atoms with Crippen LogP contribution in [0.2, 0.25) is 0 Å². The number of benzene rings is 1. The Hall–Kier alpha value is -4.94. The number of nitrogens with one attached hydrogen (secondary N) is 1. The third-order valence-corrected chi connectivity index (χ3v) is 5.55. The fourth-order valence-electron chi connectivity index (χ4n) is 3.88. The molecular formula is C24H19F3N8O2. The second-order valence-corrected chi connectivity index (χ2v) is 8.00. The zero-order valence-electron chi connectivity index (χ0n) is 19.3. The molecule has 0 aliphatic heterocycles. The Bertz CT molecular complexity index is 1600. The number of hydrogen-bond acceptors (Lipinski definition) is 7. The van der Waals surface area contributed by atoms with E-state index in [0.29, 0.717) is 6.54 Å². The van der Waals surface area contributed by atoms with Gasteiger partial charge in [-0.15, -0.1) is 0 Å². The van der Waals surface area contributed by atoms with E-state index in [4.69, 9.17) is 10.5 Å². The van der Waals surface area contributed by atoms with E-state index in [-0.39, 0.29) is 39.9 Å². The van der Waals surface area contributed by atoms with Crippen LogP contribution in [0.5, 0.6) is 5.88 Å². The molecule has 5 rings (SSSR count). The highest BCUT2D eigenvalue weighted by Gasteiger charge is 2.36. The summed E-state index contributed by atoms with van der Waals surface area (Å²) in [6.45, 7) is 0.523. The molecular weight excluding hydrogens is 489 g/mol. The van der Waals surface area contributed by atoms with Gasteiger partial charge in [0.2, 0.25) is 5.88 Å². The molecule has 4 heterocycles. The number of carbonyl (C=O) groups is 1. The van der Waals surface area contributed by atoms with Crippen LogP contribution in [-0.2, 0) is 12.7 Å². The van der Waals surface area contributed by atoms with E-state index in [0.717, 1.165) is 22.5 Å². The lowest BCUT2D eigenvalue weighted by Crippen LogP contribution is -2.14. The van der Waals surface area contributed by atoms with Crippen molar-refractivity contribution >= 4 is 22.9 Å². The van der Waals surface area contributed by atoms with Crippen molar-refractivity contribution in [3.63, 3.8) is 0 Å². The van der Waals surface area contributed by atoms with Gasteiger partial charge in [-0.1, -0.05) is 30.3 Å². The average molecular weight is 508 g/mol. The zero-order chi connectivity index (χ0) is 26.2. The highest BCUT2D eigenvalue weighted by atomic mass is 19.4. The van der Waals surface area contributed by atoms with Gasteiger partial charge in [0.1, 0.15) is 23.2 Å². The topological polar surface area (TPSA) is 125 Å². The lowest BCUT2D eigenvalue weighted by Gasteiger charge is -2.10. The van der Waals surface area contributed by atoms with E-state index < -0.39 is 17.6 Å². The van der Waals surface area contributed by atoms with Crippen LogP contribution in [0.3, 0.4) is 0 Å². The summed E-state index contributed by atoms with van der Waals surface area (Å²) in [5, 5.41) is 6.61. The number of amides is 1. The summed E-state index contributed by atoms with van der Waals surface area (Å²) in [5.41, 5.74) is 5.94. The Morgan fingerprint density at radius 3 is 2.65 bits per heavy atom. The van der Waals surface area contributed by atoms with Gasteiger partial charge in [0.05, 0.1) is 24.7 Å². The highest BCUT2D eigenvalue weighted by Crippen LogP contribution is 2.39. The molecule has 1 aromatic carbocycles. The number of aromatic nitrogens is 6. The molecule has 0 unspecified atom stereocenters. The van der Waals surface area contributed by atoms with Crippen molar-refractivity contribution in [2.45, 2.75) is 12.7 Å². The van der Waals surface area contributed by atoms with Crippen molar-refractivity contribution in [3.8, 4) is 17.1 Å². The molecule has 0 radical (unpaired) electrons. The van der Waals surface area contributed by atoms with E-state index in [2.05, 4.69) is 25.4 Å². The fourth-order valence-corrected chi connectivity index (χ4v) is 3.88. The molecule has 1 amide bonds. The molecule has 3 N–H and O–H groups in total. The minimum Gasteiger partial charge on any atom is -0.480 e. The van der Waals surface area contributed by atoms with Gasteiger partial charge >= 0.3 is 6.18 Å². The molecule has 10 nitrogen and oxygen atoms in total. The Kier molecular flexibility index (Phi) is 5.95. The first-order chi connectivity index (χ1) is 17.7. The normalized spacial score (nSPS) is 11.6. The average Bonchev–Trinajstić information content (AvgIpc) is 3.50. The van der Waals surface area contributed by atoms with Gasteiger partial charge in [0.25, 0.3) is 5.91 Å². The number of rotatable bonds is 6. The smallest absolute Gasteiger partial charge is 0.418 e. The first kappa shape index (κ1) is 23.8. The second-order valence-electron chi connectivity index (χ2n) is 8.00. The molecule has 0 bridgehead atoms. The van der Waals surface area contributed by atoms with E-state index in [1.54, 1.807) is 10.8 Å². The van der Waals surface area contributed by atoms with E-state index in [9.17, 15) is 18.0 Å². The molecule has 4 aromatic heterocycles. The zero-order valence-corrected chi connectivity index (χ0v) is 19.3. The third kappa shape index (κ3) is 4.66. The number of hydrogen-bond donors (Lipinski definition) is 2. The third-order valence-electron chi connectivity index (χ3n) is 5.55. The summed E-state index contributed by atoms with van der Waals surface area (Å²) in [5.74, 6) is -0.812. The van der Waals surface area contributed by atoms with Crippen molar-refractivity contribution in [2.75, 3.05) is 18.2 Å². The molecule has 0 saturated carbocycles. The van der Waals surface area contributed by atoms with Crippen LogP contribution in [0.15, 0.2) is 67.5 Å². The SMILES string of the molecule is COc1ncc(-c2cc(C(F)(F)F)c3c(N)ncnn23)cc1NC(=O)c1cn(Cc2ccccc2)cn1. The maximum Gasteiger partial charge on any atom is 0.418 e. The molecule has 0 saturated heterocycles. The lowest BCUT2D eigenvalue weighted by atomic mass is 10.1. The molecule has 5 aromatic rings. The number of nitrogens with two attached hydrogens (primary N) is 1. The summed E-state index contributed by atoms with van der Waals surface area (Å²) >= 11 is 0. The van der Waals surface area contributed by atoms with Crippen LogP contribution in [0.1, 0.15) is 21.6 Å². The minimum atomic E-state index is -4.70. The number of nitrogen functional groups attached to an aromatic ring is 1. The van der Waals surface area contributed by atoms with Crippen molar-refractivity contribution in [1.82, 2.24) is 29.1 Å². The van der Waals surface area contributed by atoms with Crippen molar-refractivity contribution in [2.24, 2.45) is 0 Å². The van der Waals surface area contributed by atoms with Gasteiger partial charge in [-0.05, 0) is 17.7 Å². The Morgan fingerprint density at radius 2 is 1.92 bits per heavy atom. The van der Waals surface area contributed by atoms with E-state index >= 15 is 0 Å². The fraction of sp³-hybridized carbons (Fsp3) is 0.125. The lowest BCUT2D eigenvalue weighted by molar-refractivity contribution is -0.136. The molecule has 0 spiro atoms. The quantitative estimate of drug-likeness (QED) is 0.356. The number of alkyl halides is 3. The van der Waals surface area contributed by atoms with Crippen molar-refractivity contribution < 1.29 is 22.7 Å². The molecule has 0 atom stereocenters. The highest BCUT2D eigenvalue weighted by molar-refractivity contribution is 6.03. The molecule has 13 heteroatoms. The van der Waals surface area contributed by atoms with Crippen LogP contribution in [0.25, 0.3) is 16.8 Å². The van der Waals surface area contributed by atoms with Gasteiger partial charge in [0, 0.05) is 24.5 Å². The van der Waals surface area contributed by atoms with E-state index in [1.165, 1.54) is 25.7 Å². The number of halogens is 3. The number of carbonyl (C=O) groups excluding carboxylic acids is 1. The maximum absolute atomic E-state index is 13.7. The number of imidazole rings is 1. The molecule has 0 fully saturated rings. The largest absolute Gasteiger partial charge is 0.480 e. The monoisotopic (exact) mass is 508 g/mol. The van der Waals surface area contributed by atoms with Gasteiger partial charge in [-0.2, -0.15) is 18.3 Å². The molecule has 188 valence electrons. The van der Waals surface area contributed by atoms with Crippen molar-refractivity contribution in [3.05, 3.63) is 84.3 Å². The number of fused-ring (bicyclic) bond motifs is 1. The number of ether oxygens (including phenoxy) is 1. The Morgan fingerprint density at radius 1 is 1.14 bits per heavy atom. The summed E-state index contributed by atoms with van der Waals surface area (Å²) < 4.78 is 49.1. The first-order valence-corrected chi connectivity index (χ1v) is 10.9. The summed E-state index contributed by atoms with van der Waals surface area (Å²) in [6, 6.07) is 12.0. The Balaban J connectivity index is 1.47. The molecule has 37 heavy (non-hydrogen) atoms. The summed E-state index contributed by atoms with van der Waals surface area (Å²) in [4.78, 5) is 24.9. The van der Waals surface area contributed by atoms with Gasteiger partial charge in [-0.3, -0.25) is 4.79 Å². The van der Waals surface area contributed by atoms with E-state index in [1.807, 2.05) is 30.3 Å². The second kappa shape index (κ2) is 9.26. The van der Waals surface area contributed by atoms with Crippen LogP contribution >= 0.6 is 0 Å². The number of nitrogens with zero attached hydrogens (tertiary/aromatic N) is 6. The first-order valence-electron chi connectivity index (χ1n) is 10.9. The summed E-state index contributed by atoms with van der Waals surface area (Å²) in [6.07, 6.45) is 0.782. The summed E-state index contributed by atoms with van der Waals surface area (Å²) in [7, 11) is 1.36. The molecule has 0 aliphatic carbocycles. The van der Waals surface area contributed by atoms with Gasteiger partial charge in [0.15, 0.2) is 5.82 Å². The van der Waals surface area contributed by atoms with Crippen LogP contribution in [-0.4, -0.2) is 42.2 Å². The van der Waals surface area contributed by atoms with Gasteiger partial charge < -0.3 is 20.4 Å². The molecule has 0 aliphatic rings. The predicted molar refractivity (Wildman–Crippen MR) is 128 cm³/mol. The van der Waals surface area contributed by atoms with Crippen LogP contribution in [0, 0.1) is 0 Å². The number of pyridine rings is 1. The van der Waals surface area contributed by atoms with Crippen LogP contribution < -0.4 is 15.8 Å². The number of methoxy groups -OCH3 is 1. The van der Waals surface area contributed by atoms with Crippen LogP contribution in [0.4, 0.5) is 24.7 Å². The Labute approximate surface area is 207 Å². The standard InChI is InChI=1S/C24H19F3N8O2/c1-37-23-17(33-22(36)18-11-34(13-31-18)10-14-5-3-2-4-6-14)7-15(9-29-23)19-8-16(24(25,26)27)20-21(28)30-12-32-35(19)20/h2-9,11-13H,10H2,1H3,(H,33,36)(H2,28,30,32). The van der Waals surface area contributed by atoms with Crippen molar-refractivity contribution in [1.29, 1.82) is 0 Å². The van der Waals surface area contributed by atoms with Gasteiger partial charge in [-0.25, -0.2) is 19.5 Å². The maximum atomic E-state index is 13.7. The minimum absolute atomic E-state index is 0.0502. The predicted octanol–water partition coefficient (Wildman–Crippen LogP) is 3.90. The number of anilines is 2.